The van der Waals surface area contributed by atoms with E-state index in [4.69, 9.17) is 0 Å². The van der Waals surface area contributed by atoms with E-state index in [-0.39, 0.29) is 5.91 Å². The first-order chi connectivity index (χ1) is 13.2. The standard InChI is InChI=1S/C20H17N5OS/c1-14-18(19(26)21-12-15-8-4-2-5-9-15)27-20(22-14)25-13-17(23-24-25)16-10-6-3-7-11-16/h2-11,13H,12H2,1H3,(H,21,26). The number of amides is 1. The van der Waals surface area contributed by atoms with Crippen LogP contribution in [0.15, 0.2) is 66.9 Å². The molecule has 134 valence electrons. The van der Waals surface area contributed by atoms with Crippen molar-refractivity contribution in [3.63, 3.8) is 0 Å². The van der Waals surface area contributed by atoms with E-state index in [1.54, 1.807) is 4.68 Å². The maximum absolute atomic E-state index is 12.5. The fraction of sp³-hybridized carbons (Fsp3) is 0.100. The third-order valence-electron chi connectivity index (χ3n) is 4.05. The van der Waals surface area contributed by atoms with E-state index in [1.165, 1.54) is 11.3 Å². The lowest BCUT2D eigenvalue weighted by Crippen LogP contribution is -2.22. The van der Waals surface area contributed by atoms with Gasteiger partial charge in [-0.15, -0.1) is 5.10 Å². The predicted molar refractivity (Wildman–Crippen MR) is 105 cm³/mol. The zero-order chi connectivity index (χ0) is 18.6. The van der Waals surface area contributed by atoms with Gasteiger partial charge in [-0.1, -0.05) is 77.2 Å². The number of rotatable bonds is 5. The van der Waals surface area contributed by atoms with E-state index in [0.717, 1.165) is 16.8 Å². The normalized spacial score (nSPS) is 10.7. The molecule has 0 fully saturated rings. The van der Waals surface area contributed by atoms with E-state index in [9.17, 15) is 4.79 Å². The van der Waals surface area contributed by atoms with Gasteiger partial charge in [0.1, 0.15) is 10.6 Å². The Morgan fingerprint density at radius 3 is 2.52 bits per heavy atom. The Kier molecular flexibility index (Phi) is 4.76. The van der Waals surface area contributed by atoms with Gasteiger partial charge < -0.3 is 5.32 Å². The molecule has 0 radical (unpaired) electrons. The lowest BCUT2D eigenvalue weighted by Gasteiger charge is -2.03. The average molecular weight is 375 g/mol. The lowest BCUT2D eigenvalue weighted by molar-refractivity contribution is 0.0954. The number of nitrogens with one attached hydrogen (secondary N) is 1. The monoisotopic (exact) mass is 375 g/mol. The topological polar surface area (TPSA) is 72.7 Å². The minimum Gasteiger partial charge on any atom is -0.347 e. The van der Waals surface area contributed by atoms with E-state index >= 15 is 0 Å². The van der Waals surface area contributed by atoms with Crippen LogP contribution in [-0.4, -0.2) is 25.9 Å². The Balaban J connectivity index is 1.51. The Bertz CT molecular complexity index is 1060. The fourth-order valence-corrected chi connectivity index (χ4v) is 3.55. The maximum Gasteiger partial charge on any atom is 0.263 e. The van der Waals surface area contributed by atoms with Crippen LogP contribution >= 0.6 is 11.3 Å². The number of hydrogen-bond acceptors (Lipinski definition) is 5. The maximum atomic E-state index is 12.5. The Morgan fingerprint density at radius 2 is 1.78 bits per heavy atom. The van der Waals surface area contributed by atoms with Crippen LogP contribution in [0.1, 0.15) is 20.9 Å². The Morgan fingerprint density at radius 1 is 1.07 bits per heavy atom. The number of benzene rings is 2. The van der Waals surface area contributed by atoms with Gasteiger partial charge in [0.15, 0.2) is 0 Å². The molecular weight excluding hydrogens is 358 g/mol. The van der Waals surface area contributed by atoms with Crippen LogP contribution < -0.4 is 5.32 Å². The van der Waals surface area contributed by atoms with Gasteiger partial charge in [-0.2, -0.15) is 4.68 Å². The number of aromatic nitrogens is 4. The summed E-state index contributed by atoms with van der Waals surface area (Å²) in [6.45, 7) is 2.31. The van der Waals surface area contributed by atoms with E-state index in [0.29, 0.717) is 22.2 Å². The van der Waals surface area contributed by atoms with Crippen LogP contribution in [0.4, 0.5) is 0 Å². The van der Waals surface area contributed by atoms with E-state index < -0.39 is 0 Å². The molecular formula is C20H17N5OS. The summed E-state index contributed by atoms with van der Waals surface area (Å²) in [6, 6.07) is 19.6. The number of hydrogen-bond donors (Lipinski definition) is 1. The number of nitrogens with zero attached hydrogens (tertiary/aromatic N) is 4. The molecule has 0 saturated heterocycles. The molecule has 4 aromatic rings. The smallest absolute Gasteiger partial charge is 0.263 e. The van der Waals surface area contributed by atoms with Crippen molar-refractivity contribution in [2.24, 2.45) is 0 Å². The highest BCUT2D eigenvalue weighted by Crippen LogP contribution is 2.23. The van der Waals surface area contributed by atoms with Gasteiger partial charge in [-0.25, -0.2) is 4.98 Å². The minimum atomic E-state index is -0.136. The molecule has 2 aromatic carbocycles. The zero-order valence-electron chi connectivity index (χ0n) is 14.7. The molecule has 2 heterocycles. The zero-order valence-corrected chi connectivity index (χ0v) is 15.5. The number of carbonyl (C=O) groups excluding carboxylic acids is 1. The molecule has 0 bridgehead atoms. The molecule has 1 amide bonds. The van der Waals surface area contributed by atoms with Crippen LogP contribution in [-0.2, 0) is 6.54 Å². The summed E-state index contributed by atoms with van der Waals surface area (Å²) >= 11 is 1.30. The third kappa shape index (κ3) is 3.78. The van der Waals surface area contributed by atoms with Gasteiger partial charge in [0.25, 0.3) is 5.91 Å². The summed E-state index contributed by atoms with van der Waals surface area (Å²) in [7, 11) is 0. The molecule has 0 aliphatic carbocycles. The molecule has 0 saturated carbocycles. The first kappa shape index (κ1) is 17.1. The lowest BCUT2D eigenvalue weighted by atomic mass is 10.2. The highest BCUT2D eigenvalue weighted by molar-refractivity contribution is 7.16. The Labute approximate surface area is 160 Å². The summed E-state index contributed by atoms with van der Waals surface area (Å²) in [5, 5.41) is 11.9. The van der Waals surface area contributed by atoms with Gasteiger partial charge in [-0.05, 0) is 12.5 Å². The van der Waals surface area contributed by atoms with Crippen molar-refractivity contribution in [1.29, 1.82) is 0 Å². The molecule has 1 N–H and O–H groups in total. The average Bonchev–Trinajstić information content (AvgIpc) is 3.35. The fourth-order valence-electron chi connectivity index (χ4n) is 2.65. The van der Waals surface area contributed by atoms with Gasteiger partial charge in [0, 0.05) is 12.1 Å². The molecule has 2 aromatic heterocycles. The summed E-state index contributed by atoms with van der Waals surface area (Å²) in [4.78, 5) is 17.6. The second kappa shape index (κ2) is 7.51. The largest absolute Gasteiger partial charge is 0.347 e. The number of carbonyl (C=O) groups is 1. The van der Waals surface area contributed by atoms with Crippen LogP contribution in [0.2, 0.25) is 0 Å². The van der Waals surface area contributed by atoms with Crippen molar-refractivity contribution in [3.05, 3.63) is 83.0 Å². The van der Waals surface area contributed by atoms with Crippen molar-refractivity contribution >= 4 is 17.2 Å². The molecule has 27 heavy (non-hydrogen) atoms. The molecule has 0 unspecified atom stereocenters. The van der Waals surface area contributed by atoms with Crippen LogP contribution in [0.25, 0.3) is 16.4 Å². The summed E-state index contributed by atoms with van der Waals surface area (Å²) < 4.78 is 1.61. The third-order valence-corrected chi connectivity index (χ3v) is 5.19. The highest BCUT2D eigenvalue weighted by Gasteiger charge is 2.17. The first-order valence-electron chi connectivity index (χ1n) is 8.48. The van der Waals surface area contributed by atoms with E-state index in [1.807, 2.05) is 73.8 Å². The highest BCUT2D eigenvalue weighted by atomic mass is 32.1. The van der Waals surface area contributed by atoms with Crippen molar-refractivity contribution in [2.45, 2.75) is 13.5 Å². The molecule has 0 aliphatic rings. The minimum absolute atomic E-state index is 0.136. The van der Waals surface area contributed by atoms with Crippen LogP contribution in [0.3, 0.4) is 0 Å². The van der Waals surface area contributed by atoms with Gasteiger partial charge >= 0.3 is 0 Å². The molecule has 6 nitrogen and oxygen atoms in total. The molecule has 0 spiro atoms. The summed E-state index contributed by atoms with van der Waals surface area (Å²) in [6.07, 6.45) is 1.82. The Hall–Kier alpha value is -3.32. The molecule has 0 atom stereocenters. The summed E-state index contributed by atoms with van der Waals surface area (Å²) in [5.74, 6) is -0.136. The molecule has 4 rings (SSSR count). The number of thiazole rings is 1. The van der Waals surface area contributed by atoms with Crippen LogP contribution in [0, 0.1) is 6.92 Å². The van der Waals surface area contributed by atoms with Gasteiger partial charge in [-0.3, -0.25) is 4.79 Å². The second-order valence-corrected chi connectivity index (χ2v) is 6.97. The van der Waals surface area contributed by atoms with Crippen LogP contribution in [0.5, 0.6) is 0 Å². The number of aryl methyl sites for hydroxylation is 1. The summed E-state index contributed by atoms with van der Waals surface area (Å²) in [5.41, 5.74) is 3.48. The van der Waals surface area contributed by atoms with Gasteiger partial charge in [0.05, 0.1) is 11.9 Å². The SMILES string of the molecule is Cc1nc(-n2cc(-c3ccccc3)nn2)sc1C(=O)NCc1ccccc1. The quantitative estimate of drug-likeness (QED) is 0.578. The van der Waals surface area contributed by atoms with Crippen molar-refractivity contribution in [1.82, 2.24) is 25.3 Å². The second-order valence-electron chi connectivity index (χ2n) is 5.99. The van der Waals surface area contributed by atoms with Crippen molar-refractivity contribution < 1.29 is 4.79 Å². The van der Waals surface area contributed by atoms with Crippen molar-refractivity contribution in [3.8, 4) is 16.4 Å². The molecule has 7 heteroatoms. The van der Waals surface area contributed by atoms with Crippen molar-refractivity contribution in [2.75, 3.05) is 0 Å². The first-order valence-corrected chi connectivity index (χ1v) is 9.30. The van der Waals surface area contributed by atoms with E-state index in [2.05, 4.69) is 20.6 Å². The molecule has 0 aliphatic heterocycles. The predicted octanol–water partition coefficient (Wildman–Crippen LogP) is 3.63. The van der Waals surface area contributed by atoms with Gasteiger partial charge in [0.2, 0.25) is 5.13 Å².